The molecule has 1 aromatic carbocycles. The molecule has 1 rings (SSSR count). The number of hydroxylamine groups is 1. The fourth-order valence-corrected chi connectivity index (χ4v) is 1.72. The third-order valence-electron chi connectivity index (χ3n) is 2.84. The lowest BCUT2D eigenvalue weighted by atomic mass is 10.1. The van der Waals surface area contributed by atoms with E-state index in [-0.39, 0.29) is 18.6 Å². The van der Waals surface area contributed by atoms with Gasteiger partial charge in [0.2, 0.25) is 5.91 Å². The van der Waals surface area contributed by atoms with Crippen molar-refractivity contribution in [3.63, 3.8) is 0 Å². The average molecular weight is 343 g/mol. The molecule has 1 atom stereocenters. The van der Waals surface area contributed by atoms with Crippen molar-refractivity contribution in [1.29, 1.82) is 0 Å². The van der Waals surface area contributed by atoms with Crippen LogP contribution in [0.5, 0.6) is 0 Å². The molecule has 0 aliphatic heterocycles. The largest absolute Gasteiger partial charge is 0.351 e. The quantitative estimate of drug-likeness (QED) is 0.779. The highest BCUT2D eigenvalue weighted by Crippen LogP contribution is 2.11. The Morgan fingerprint density at radius 1 is 1.30 bits per heavy atom. The van der Waals surface area contributed by atoms with Gasteiger partial charge in [-0.25, -0.2) is 5.48 Å². The molecule has 0 aliphatic rings. The van der Waals surface area contributed by atoms with E-state index in [0.29, 0.717) is 11.5 Å². The molecule has 5 nitrogen and oxygen atoms in total. The fraction of sp³-hybridized carbons (Fsp3) is 0.429. The van der Waals surface area contributed by atoms with Crippen molar-refractivity contribution in [2.45, 2.75) is 26.8 Å². The molecule has 20 heavy (non-hydrogen) atoms. The van der Waals surface area contributed by atoms with Gasteiger partial charge in [-0.15, -0.1) is 0 Å². The van der Waals surface area contributed by atoms with E-state index in [1.54, 1.807) is 18.2 Å². The van der Waals surface area contributed by atoms with Crippen LogP contribution in [0, 0.1) is 5.92 Å². The summed E-state index contributed by atoms with van der Waals surface area (Å²) < 4.78 is 0.800. The summed E-state index contributed by atoms with van der Waals surface area (Å²) in [5.41, 5.74) is 2.69. The molecule has 0 radical (unpaired) electrons. The predicted molar refractivity (Wildman–Crippen MR) is 80.0 cm³/mol. The zero-order valence-corrected chi connectivity index (χ0v) is 13.4. The van der Waals surface area contributed by atoms with E-state index in [4.69, 9.17) is 4.84 Å². The van der Waals surface area contributed by atoms with Crippen LogP contribution in [0.4, 0.5) is 0 Å². The van der Waals surface area contributed by atoms with E-state index in [1.165, 1.54) is 0 Å². The standard InChI is InChI=1S/C14H19BrN2O3/c1-9(2)10(3)16-13(18)8-20-17-14(19)11-5-4-6-12(15)7-11/h4-7,9-10H,8H2,1-3H3,(H,16,18)(H,17,19)/t10-/m1/s1. The lowest BCUT2D eigenvalue weighted by Crippen LogP contribution is -2.40. The summed E-state index contributed by atoms with van der Waals surface area (Å²) in [6, 6.07) is 6.95. The van der Waals surface area contributed by atoms with Crippen LogP contribution in [0.2, 0.25) is 0 Å². The Hall–Kier alpha value is -1.40. The number of amides is 2. The molecule has 0 bridgehead atoms. The van der Waals surface area contributed by atoms with Crippen molar-refractivity contribution in [3.05, 3.63) is 34.3 Å². The first kappa shape index (κ1) is 16.7. The molecule has 0 heterocycles. The normalized spacial score (nSPS) is 12.1. The number of benzene rings is 1. The van der Waals surface area contributed by atoms with Gasteiger partial charge in [0.25, 0.3) is 5.91 Å². The van der Waals surface area contributed by atoms with Crippen LogP contribution in [-0.4, -0.2) is 24.5 Å². The third kappa shape index (κ3) is 5.71. The summed E-state index contributed by atoms with van der Waals surface area (Å²) in [5.74, 6) is -0.313. The third-order valence-corrected chi connectivity index (χ3v) is 3.34. The molecule has 0 saturated heterocycles. The Labute approximate surface area is 127 Å². The van der Waals surface area contributed by atoms with Crippen molar-refractivity contribution >= 4 is 27.7 Å². The molecule has 2 amide bonds. The first-order valence-corrected chi connectivity index (χ1v) is 7.16. The Balaban J connectivity index is 2.34. The molecule has 0 unspecified atom stereocenters. The summed E-state index contributed by atoms with van der Waals surface area (Å²) >= 11 is 3.28. The van der Waals surface area contributed by atoms with Crippen LogP contribution >= 0.6 is 15.9 Å². The Morgan fingerprint density at radius 3 is 2.60 bits per heavy atom. The maximum absolute atomic E-state index is 11.7. The maximum Gasteiger partial charge on any atom is 0.274 e. The molecule has 110 valence electrons. The average Bonchev–Trinajstić information content (AvgIpc) is 2.38. The second-order valence-electron chi connectivity index (χ2n) is 4.83. The number of hydrogen-bond acceptors (Lipinski definition) is 3. The number of hydrogen-bond donors (Lipinski definition) is 2. The summed E-state index contributed by atoms with van der Waals surface area (Å²) in [4.78, 5) is 28.2. The molecule has 0 spiro atoms. The molecule has 0 aliphatic carbocycles. The number of halogens is 1. The first-order chi connectivity index (χ1) is 9.40. The highest BCUT2D eigenvalue weighted by Gasteiger charge is 2.12. The highest BCUT2D eigenvalue weighted by atomic mass is 79.9. The van der Waals surface area contributed by atoms with Gasteiger partial charge in [0.1, 0.15) is 0 Å². The Morgan fingerprint density at radius 2 is 2.00 bits per heavy atom. The molecule has 6 heteroatoms. The van der Waals surface area contributed by atoms with E-state index >= 15 is 0 Å². The van der Waals surface area contributed by atoms with E-state index < -0.39 is 5.91 Å². The smallest absolute Gasteiger partial charge is 0.274 e. The molecule has 0 saturated carbocycles. The van der Waals surface area contributed by atoms with Gasteiger partial charge in [-0.1, -0.05) is 35.8 Å². The molecular weight excluding hydrogens is 324 g/mol. The number of nitrogens with one attached hydrogen (secondary N) is 2. The second-order valence-corrected chi connectivity index (χ2v) is 5.75. The SMILES string of the molecule is CC(C)[C@@H](C)NC(=O)CONC(=O)c1cccc(Br)c1. The van der Waals surface area contributed by atoms with Crippen LogP contribution in [0.1, 0.15) is 31.1 Å². The predicted octanol–water partition coefficient (Wildman–Crippen LogP) is 2.27. The topological polar surface area (TPSA) is 67.4 Å². The van der Waals surface area contributed by atoms with Crippen LogP contribution in [0.15, 0.2) is 28.7 Å². The summed E-state index contributed by atoms with van der Waals surface area (Å²) in [7, 11) is 0. The summed E-state index contributed by atoms with van der Waals surface area (Å²) in [5, 5.41) is 2.78. The Kier molecular flexibility index (Phi) is 6.67. The van der Waals surface area contributed by atoms with E-state index in [1.807, 2.05) is 26.8 Å². The number of carbonyl (C=O) groups excluding carboxylic acids is 2. The van der Waals surface area contributed by atoms with E-state index in [9.17, 15) is 9.59 Å². The number of rotatable bonds is 6. The molecule has 0 fully saturated rings. The molecule has 0 aromatic heterocycles. The van der Waals surface area contributed by atoms with Crippen molar-refractivity contribution in [3.8, 4) is 0 Å². The summed E-state index contributed by atoms with van der Waals surface area (Å²) in [6.07, 6.45) is 0. The van der Waals surface area contributed by atoms with Gasteiger partial charge in [-0.05, 0) is 31.0 Å². The van der Waals surface area contributed by atoms with E-state index in [2.05, 4.69) is 26.7 Å². The molecule has 1 aromatic rings. The lowest BCUT2D eigenvalue weighted by Gasteiger charge is -2.17. The van der Waals surface area contributed by atoms with Gasteiger partial charge < -0.3 is 5.32 Å². The fourth-order valence-electron chi connectivity index (χ4n) is 1.32. The van der Waals surface area contributed by atoms with Crippen molar-refractivity contribution in [2.75, 3.05) is 6.61 Å². The molecule has 2 N–H and O–H groups in total. The minimum Gasteiger partial charge on any atom is -0.351 e. The van der Waals surface area contributed by atoms with Crippen molar-refractivity contribution in [2.24, 2.45) is 5.92 Å². The monoisotopic (exact) mass is 342 g/mol. The van der Waals surface area contributed by atoms with Gasteiger partial charge in [0.05, 0.1) is 0 Å². The maximum atomic E-state index is 11.7. The zero-order valence-electron chi connectivity index (χ0n) is 11.8. The highest BCUT2D eigenvalue weighted by molar-refractivity contribution is 9.10. The molecular formula is C14H19BrN2O3. The lowest BCUT2D eigenvalue weighted by molar-refractivity contribution is -0.128. The second kappa shape index (κ2) is 8.01. The minimum atomic E-state index is -0.393. The van der Waals surface area contributed by atoms with Crippen molar-refractivity contribution in [1.82, 2.24) is 10.8 Å². The van der Waals surface area contributed by atoms with Crippen LogP contribution in [0.25, 0.3) is 0 Å². The van der Waals surface area contributed by atoms with Crippen LogP contribution < -0.4 is 10.8 Å². The van der Waals surface area contributed by atoms with E-state index in [0.717, 1.165) is 4.47 Å². The zero-order chi connectivity index (χ0) is 15.1. The van der Waals surface area contributed by atoms with Crippen LogP contribution in [-0.2, 0) is 9.63 Å². The van der Waals surface area contributed by atoms with Gasteiger partial charge in [0.15, 0.2) is 6.61 Å². The van der Waals surface area contributed by atoms with Gasteiger partial charge in [-0.2, -0.15) is 0 Å². The first-order valence-electron chi connectivity index (χ1n) is 6.37. The van der Waals surface area contributed by atoms with Crippen LogP contribution in [0.3, 0.4) is 0 Å². The van der Waals surface area contributed by atoms with Gasteiger partial charge in [0, 0.05) is 16.1 Å². The van der Waals surface area contributed by atoms with Gasteiger partial charge >= 0.3 is 0 Å². The Bertz CT molecular complexity index is 477. The van der Waals surface area contributed by atoms with Crippen molar-refractivity contribution < 1.29 is 14.4 Å². The minimum absolute atomic E-state index is 0.0619. The summed E-state index contributed by atoms with van der Waals surface area (Å²) in [6.45, 7) is 5.74. The van der Waals surface area contributed by atoms with Gasteiger partial charge in [-0.3, -0.25) is 14.4 Å². The number of carbonyl (C=O) groups is 2.